The summed E-state index contributed by atoms with van der Waals surface area (Å²) in [5, 5.41) is 14.1. The van der Waals surface area contributed by atoms with E-state index in [4.69, 9.17) is 11.6 Å². The number of aromatic amines is 1. The van der Waals surface area contributed by atoms with Gasteiger partial charge in [-0.3, -0.25) is 4.79 Å². The zero-order valence-corrected chi connectivity index (χ0v) is 10.9. The third-order valence-electron chi connectivity index (χ3n) is 2.52. The molecule has 0 spiro atoms. The molecule has 0 unspecified atom stereocenters. The second kappa shape index (κ2) is 5.58. The maximum atomic E-state index is 11.7. The molecular weight excluding hydrogens is 266 g/mol. The predicted octanol–water partition coefficient (Wildman–Crippen LogP) is 2.53. The zero-order chi connectivity index (χ0) is 13.8. The molecule has 1 heterocycles. The number of carbonyl (C=O) groups is 1. The van der Waals surface area contributed by atoms with Crippen molar-refractivity contribution in [3.63, 3.8) is 0 Å². The number of phenols is 1. The number of hydrogen-bond donors (Lipinski definition) is 3. The van der Waals surface area contributed by atoms with E-state index in [-0.39, 0.29) is 11.7 Å². The van der Waals surface area contributed by atoms with E-state index in [1.54, 1.807) is 37.4 Å². The molecule has 0 saturated heterocycles. The highest BCUT2D eigenvalue weighted by molar-refractivity contribution is 6.31. The Balaban J connectivity index is 2.15. The van der Waals surface area contributed by atoms with Gasteiger partial charge in [-0.1, -0.05) is 11.6 Å². The summed E-state index contributed by atoms with van der Waals surface area (Å²) in [6.07, 6.45) is 1.65. The summed E-state index contributed by atoms with van der Waals surface area (Å²) >= 11 is 5.85. The fraction of sp³-hybridized carbons (Fsp3) is 0.0769. The predicted molar refractivity (Wildman–Crippen MR) is 73.6 cm³/mol. The lowest BCUT2D eigenvalue weighted by Gasteiger charge is -2.05. The molecule has 0 fully saturated rings. The minimum absolute atomic E-state index is 0.0553. The summed E-state index contributed by atoms with van der Waals surface area (Å²) in [6.45, 7) is 1.67. The summed E-state index contributed by atoms with van der Waals surface area (Å²) in [5.41, 5.74) is 3.73. The van der Waals surface area contributed by atoms with Crippen molar-refractivity contribution in [1.82, 2.24) is 10.4 Å². The van der Waals surface area contributed by atoms with E-state index >= 15 is 0 Å². The lowest BCUT2D eigenvalue weighted by atomic mass is 10.1. The molecule has 0 aliphatic carbocycles. The SMILES string of the molecule is C/C(=N\NC(=O)c1ccc[nH]1)c1cc(Cl)ccc1O. The van der Waals surface area contributed by atoms with Crippen LogP contribution in [0.3, 0.4) is 0 Å². The first kappa shape index (κ1) is 13.2. The van der Waals surface area contributed by atoms with Gasteiger partial charge in [0.1, 0.15) is 11.4 Å². The number of nitrogens with zero attached hydrogens (tertiary/aromatic N) is 1. The molecule has 19 heavy (non-hydrogen) atoms. The first-order valence-electron chi connectivity index (χ1n) is 5.55. The Morgan fingerprint density at radius 2 is 2.21 bits per heavy atom. The number of nitrogens with one attached hydrogen (secondary N) is 2. The van der Waals surface area contributed by atoms with Gasteiger partial charge in [0.05, 0.1) is 5.71 Å². The monoisotopic (exact) mass is 277 g/mol. The van der Waals surface area contributed by atoms with Crippen molar-refractivity contribution < 1.29 is 9.90 Å². The van der Waals surface area contributed by atoms with Crippen molar-refractivity contribution in [2.45, 2.75) is 6.92 Å². The van der Waals surface area contributed by atoms with Gasteiger partial charge in [-0.25, -0.2) is 5.43 Å². The maximum Gasteiger partial charge on any atom is 0.287 e. The van der Waals surface area contributed by atoms with Crippen molar-refractivity contribution in [2.24, 2.45) is 5.10 Å². The minimum Gasteiger partial charge on any atom is -0.507 e. The van der Waals surface area contributed by atoms with Gasteiger partial charge in [0.2, 0.25) is 0 Å². The Morgan fingerprint density at radius 1 is 1.42 bits per heavy atom. The normalized spacial score (nSPS) is 11.4. The Labute approximate surface area is 114 Å². The first-order valence-corrected chi connectivity index (χ1v) is 5.92. The largest absolute Gasteiger partial charge is 0.507 e. The van der Waals surface area contributed by atoms with Gasteiger partial charge in [-0.15, -0.1) is 0 Å². The summed E-state index contributed by atoms with van der Waals surface area (Å²) in [5.74, 6) is -0.300. The Bertz CT molecular complexity index is 621. The molecule has 1 aromatic heterocycles. The summed E-state index contributed by atoms with van der Waals surface area (Å²) in [7, 11) is 0. The number of hydrazone groups is 1. The molecule has 5 nitrogen and oxygen atoms in total. The molecule has 0 radical (unpaired) electrons. The van der Waals surface area contributed by atoms with Crippen LogP contribution in [-0.4, -0.2) is 21.7 Å². The van der Waals surface area contributed by atoms with Gasteiger partial charge >= 0.3 is 0 Å². The number of rotatable bonds is 3. The van der Waals surface area contributed by atoms with E-state index in [9.17, 15) is 9.90 Å². The molecule has 3 N–H and O–H groups in total. The number of carbonyl (C=O) groups excluding carboxylic acids is 1. The molecule has 0 atom stereocenters. The molecule has 0 aliphatic heterocycles. The molecule has 2 rings (SSSR count). The van der Waals surface area contributed by atoms with Gasteiger partial charge < -0.3 is 10.1 Å². The third-order valence-corrected chi connectivity index (χ3v) is 2.75. The molecule has 1 amide bonds. The standard InChI is InChI=1S/C13H12ClN3O2/c1-8(10-7-9(14)4-5-12(10)18)16-17-13(19)11-3-2-6-15-11/h2-7,15,18H,1H3,(H,17,19)/b16-8+. The van der Waals surface area contributed by atoms with Crippen LogP contribution in [0.25, 0.3) is 0 Å². The molecule has 0 aliphatic rings. The van der Waals surface area contributed by atoms with Gasteiger partial charge in [0.25, 0.3) is 5.91 Å². The topological polar surface area (TPSA) is 77.5 Å². The van der Waals surface area contributed by atoms with Gasteiger partial charge in [-0.05, 0) is 37.3 Å². The lowest BCUT2D eigenvalue weighted by Crippen LogP contribution is -2.19. The second-order valence-electron chi connectivity index (χ2n) is 3.88. The van der Waals surface area contributed by atoms with Crippen LogP contribution in [0.4, 0.5) is 0 Å². The fourth-order valence-electron chi connectivity index (χ4n) is 1.52. The summed E-state index contributed by atoms with van der Waals surface area (Å²) in [6, 6.07) is 7.98. The highest BCUT2D eigenvalue weighted by Crippen LogP contribution is 2.21. The van der Waals surface area contributed by atoms with Crippen molar-refractivity contribution in [3.05, 3.63) is 52.8 Å². The lowest BCUT2D eigenvalue weighted by molar-refractivity contribution is 0.0950. The molecular formula is C13H12ClN3O2. The van der Waals surface area contributed by atoms with Crippen LogP contribution in [0.15, 0.2) is 41.6 Å². The number of phenolic OH excluding ortho intramolecular Hbond substituents is 1. The van der Waals surface area contributed by atoms with E-state index in [0.717, 1.165) is 0 Å². The average molecular weight is 278 g/mol. The van der Waals surface area contributed by atoms with Crippen LogP contribution in [0, 0.1) is 0 Å². The van der Waals surface area contributed by atoms with E-state index in [1.165, 1.54) is 6.07 Å². The summed E-state index contributed by atoms with van der Waals surface area (Å²) in [4.78, 5) is 14.4. The Kier molecular flexibility index (Phi) is 3.87. The molecule has 1 aromatic carbocycles. The Hall–Kier alpha value is -2.27. The van der Waals surface area contributed by atoms with Crippen LogP contribution in [0.2, 0.25) is 5.02 Å². The quantitative estimate of drug-likeness (QED) is 0.595. The van der Waals surface area contributed by atoms with Gasteiger partial charge in [0.15, 0.2) is 0 Å². The number of amides is 1. The van der Waals surface area contributed by atoms with Crippen LogP contribution in [0.1, 0.15) is 23.0 Å². The fourth-order valence-corrected chi connectivity index (χ4v) is 1.70. The summed E-state index contributed by atoms with van der Waals surface area (Å²) < 4.78 is 0. The van der Waals surface area contributed by atoms with E-state index in [1.807, 2.05) is 0 Å². The van der Waals surface area contributed by atoms with Crippen LogP contribution in [-0.2, 0) is 0 Å². The van der Waals surface area contributed by atoms with Crippen molar-refractivity contribution in [3.8, 4) is 5.75 Å². The van der Waals surface area contributed by atoms with Gasteiger partial charge in [-0.2, -0.15) is 5.10 Å². The smallest absolute Gasteiger partial charge is 0.287 e. The molecule has 98 valence electrons. The number of benzene rings is 1. The second-order valence-corrected chi connectivity index (χ2v) is 4.32. The molecule has 2 aromatic rings. The molecule has 0 bridgehead atoms. The van der Waals surface area contributed by atoms with Crippen LogP contribution >= 0.6 is 11.6 Å². The first-order chi connectivity index (χ1) is 9.08. The average Bonchev–Trinajstić information content (AvgIpc) is 2.92. The van der Waals surface area contributed by atoms with Crippen molar-refractivity contribution in [1.29, 1.82) is 0 Å². The number of aromatic nitrogens is 1. The van der Waals surface area contributed by atoms with Crippen LogP contribution in [0.5, 0.6) is 5.75 Å². The minimum atomic E-state index is -0.356. The number of H-pyrrole nitrogens is 1. The number of halogens is 1. The maximum absolute atomic E-state index is 11.7. The number of hydrogen-bond acceptors (Lipinski definition) is 3. The van der Waals surface area contributed by atoms with E-state index < -0.39 is 0 Å². The number of aromatic hydroxyl groups is 1. The van der Waals surface area contributed by atoms with Gasteiger partial charge in [0, 0.05) is 16.8 Å². The highest BCUT2D eigenvalue weighted by Gasteiger charge is 2.08. The van der Waals surface area contributed by atoms with E-state index in [2.05, 4.69) is 15.5 Å². The van der Waals surface area contributed by atoms with E-state index in [0.29, 0.717) is 22.0 Å². The zero-order valence-electron chi connectivity index (χ0n) is 10.1. The highest BCUT2D eigenvalue weighted by atomic mass is 35.5. The molecule has 0 saturated carbocycles. The third kappa shape index (κ3) is 3.14. The molecule has 6 heteroatoms. The Morgan fingerprint density at radius 3 is 2.89 bits per heavy atom. The van der Waals surface area contributed by atoms with Crippen molar-refractivity contribution >= 4 is 23.2 Å². The van der Waals surface area contributed by atoms with Crippen molar-refractivity contribution in [2.75, 3.05) is 0 Å². The van der Waals surface area contributed by atoms with Crippen LogP contribution < -0.4 is 5.43 Å².